The summed E-state index contributed by atoms with van der Waals surface area (Å²) in [6.45, 7) is 1.73. The zero-order valence-corrected chi connectivity index (χ0v) is 10.9. The molecule has 21 heavy (non-hydrogen) atoms. The topological polar surface area (TPSA) is 103 Å². The Morgan fingerprint density at radius 3 is 2.86 bits per heavy atom. The van der Waals surface area contributed by atoms with Crippen LogP contribution in [0.1, 0.15) is 26.7 Å². The molecule has 0 aliphatic heterocycles. The maximum absolute atomic E-state index is 12.0. The maximum Gasteiger partial charge on any atom is 0.313 e. The number of hydrogen-bond donors (Lipinski definition) is 1. The van der Waals surface area contributed by atoms with Crippen LogP contribution in [0.3, 0.4) is 0 Å². The molecule has 1 N–H and O–H groups in total. The minimum Gasteiger partial charge on any atom is -0.459 e. The lowest BCUT2D eigenvalue weighted by atomic mass is 10.4. The van der Waals surface area contributed by atoms with Crippen LogP contribution in [-0.4, -0.2) is 26.8 Å². The van der Waals surface area contributed by atoms with Crippen molar-refractivity contribution in [1.82, 2.24) is 14.9 Å². The van der Waals surface area contributed by atoms with Crippen molar-refractivity contribution >= 4 is 17.7 Å². The number of amides is 1. The van der Waals surface area contributed by atoms with E-state index in [-0.39, 0.29) is 17.3 Å². The van der Waals surface area contributed by atoms with Gasteiger partial charge in [-0.15, -0.1) is 0 Å². The monoisotopic (exact) mass is 286 g/mol. The summed E-state index contributed by atoms with van der Waals surface area (Å²) in [7, 11) is 0. The number of hydrogen-bond acceptors (Lipinski definition) is 6. The molecular formula is C13H10N4O4. The molecule has 3 heterocycles. The highest BCUT2D eigenvalue weighted by Crippen LogP contribution is 2.10. The van der Waals surface area contributed by atoms with Gasteiger partial charge in [0.1, 0.15) is 0 Å². The summed E-state index contributed by atoms with van der Waals surface area (Å²) < 4.78 is 10.9. The van der Waals surface area contributed by atoms with Crippen LogP contribution in [0.5, 0.6) is 0 Å². The number of anilines is 1. The summed E-state index contributed by atoms with van der Waals surface area (Å²) >= 11 is 0. The first kappa shape index (κ1) is 12.9. The van der Waals surface area contributed by atoms with Gasteiger partial charge in [-0.2, -0.15) is 5.10 Å². The summed E-state index contributed by atoms with van der Waals surface area (Å²) in [4.78, 5) is 23.9. The average Bonchev–Trinajstić information content (AvgIpc) is 3.19. The lowest BCUT2D eigenvalue weighted by molar-refractivity contribution is 0.0916. The smallest absolute Gasteiger partial charge is 0.313 e. The molecule has 0 radical (unpaired) electrons. The summed E-state index contributed by atoms with van der Waals surface area (Å²) in [6, 6.07) is 6.10. The molecule has 3 aromatic heterocycles. The van der Waals surface area contributed by atoms with Crippen LogP contribution in [0.25, 0.3) is 0 Å². The molecule has 8 heteroatoms. The summed E-state index contributed by atoms with van der Waals surface area (Å²) in [6.07, 6.45) is 2.77. The van der Waals surface area contributed by atoms with Crippen LogP contribution in [0.4, 0.5) is 5.88 Å². The lowest BCUT2D eigenvalue weighted by Crippen LogP contribution is -2.16. The highest BCUT2D eigenvalue weighted by Gasteiger charge is 2.17. The average molecular weight is 286 g/mol. The minimum atomic E-state index is -0.503. The molecule has 0 saturated carbocycles. The summed E-state index contributed by atoms with van der Waals surface area (Å²) in [5.41, 5.74) is 0.716. The molecular weight excluding hydrogens is 276 g/mol. The van der Waals surface area contributed by atoms with Gasteiger partial charge in [-0.1, -0.05) is 5.16 Å². The number of nitrogens with one attached hydrogen (secondary N) is 1. The third-order valence-electron chi connectivity index (χ3n) is 2.63. The first-order valence-electron chi connectivity index (χ1n) is 6.02. The highest BCUT2D eigenvalue weighted by molar-refractivity contribution is 6.02. The molecule has 0 atom stereocenters. The van der Waals surface area contributed by atoms with Crippen molar-refractivity contribution in [3.8, 4) is 0 Å². The van der Waals surface area contributed by atoms with Crippen LogP contribution >= 0.6 is 0 Å². The molecule has 0 fully saturated rings. The molecule has 0 aliphatic carbocycles. The van der Waals surface area contributed by atoms with Crippen molar-refractivity contribution in [2.75, 3.05) is 5.32 Å². The van der Waals surface area contributed by atoms with Crippen molar-refractivity contribution in [1.29, 1.82) is 0 Å². The SMILES string of the molecule is Cc1cc(NC(=O)c2ccn(C(=O)c3ccco3)n2)on1. The van der Waals surface area contributed by atoms with Gasteiger partial charge in [0, 0.05) is 12.3 Å². The zero-order valence-electron chi connectivity index (χ0n) is 10.9. The second kappa shape index (κ2) is 5.08. The number of carbonyl (C=O) groups is 2. The van der Waals surface area contributed by atoms with Crippen LogP contribution in [0, 0.1) is 6.92 Å². The largest absolute Gasteiger partial charge is 0.459 e. The van der Waals surface area contributed by atoms with E-state index in [9.17, 15) is 9.59 Å². The number of nitrogens with zero attached hydrogens (tertiary/aromatic N) is 3. The predicted molar refractivity (Wildman–Crippen MR) is 69.9 cm³/mol. The first-order chi connectivity index (χ1) is 10.1. The van der Waals surface area contributed by atoms with Gasteiger partial charge in [0.25, 0.3) is 5.91 Å². The summed E-state index contributed by atoms with van der Waals surface area (Å²) in [5.74, 6) is -0.618. The fourth-order valence-electron chi connectivity index (χ4n) is 1.67. The van der Waals surface area contributed by atoms with Crippen LogP contribution in [0.2, 0.25) is 0 Å². The Labute approximate surface area is 118 Å². The molecule has 8 nitrogen and oxygen atoms in total. The second-order valence-electron chi connectivity index (χ2n) is 4.21. The number of rotatable bonds is 3. The van der Waals surface area contributed by atoms with Gasteiger partial charge in [-0.25, -0.2) is 4.68 Å². The molecule has 0 bridgehead atoms. The fourth-order valence-corrected chi connectivity index (χ4v) is 1.67. The normalized spacial score (nSPS) is 10.5. The van der Waals surface area contributed by atoms with Crippen molar-refractivity contribution in [2.24, 2.45) is 0 Å². The Kier molecular flexibility index (Phi) is 3.11. The Bertz CT molecular complexity index is 785. The van der Waals surface area contributed by atoms with Crippen LogP contribution in [-0.2, 0) is 0 Å². The Morgan fingerprint density at radius 1 is 1.33 bits per heavy atom. The number of aryl methyl sites for hydroxylation is 1. The van der Waals surface area contributed by atoms with Gasteiger partial charge >= 0.3 is 5.91 Å². The van der Waals surface area contributed by atoms with Gasteiger partial charge in [0.05, 0.1) is 12.0 Å². The highest BCUT2D eigenvalue weighted by atomic mass is 16.5. The van der Waals surface area contributed by atoms with E-state index in [4.69, 9.17) is 8.94 Å². The molecule has 3 rings (SSSR count). The van der Waals surface area contributed by atoms with Crippen molar-refractivity contribution < 1.29 is 18.5 Å². The zero-order chi connectivity index (χ0) is 14.8. The van der Waals surface area contributed by atoms with Gasteiger partial charge in [-0.05, 0) is 25.1 Å². The molecule has 106 valence electrons. The third kappa shape index (κ3) is 2.59. The number of furan rings is 1. The van der Waals surface area contributed by atoms with Gasteiger partial charge in [-0.3, -0.25) is 14.9 Å². The molecule has 0 saturated heterocycles. The molecule has 1 amide bonds. The number of aromatic nitrogens is 3. The van der Waals surface area contributed by atoms with Crippen molar-refractivity contribution in [2.45, 2.75) is 6.92 Å². The Balaban J connectivity index is 1.75. The quantitative estimate of drug-likeness (QED) is 0.786. The van der Waals surface area contributed by atoms with E-state index in [1.165, 1.54) is 24.6 Å². The minimum absolute atomic E-state index is 0.0731. The van der Waals surface area contributed by atoms with E-state index in [2.05, 4.69) is 15.6 Å². The van der Waals surface area contributed by atoms with E-state index in [0.29, 0.717) is 5.69 Å². The van der Waals surface area contributed by atoms with Crippen LogP contribution < -0.4 is 5.32 Å². The van der Waals surface area contributed by atoms with Crippen molar-refractivity contribution in [3.05, 3.63) is 53.9 Å². The van der Waals surface area contributed by atoms with E-state index in [0.717, 1.165) is 4.68 Å². The Morgan fingerprint density at radius 2 is 2.19 bits per heavy atom. The Hall–Kier alpha value is -3.16. The predicted octanol–water partition coefficient (Wildman–Crippen LogP) is 1.71. The van der Waals surface area contributed by atoms with Crippen molar-refractivity contribution in [3.63, 3.8) is 0 Å². The fraction of sp³-hybridized carbons (Fsp3) is 0.0769. The summed E-state index contributed by atoms with van der Waals surface area (Å²) in [5, 5.41) is 10.0. The second-order valence-corrected chi connectivity index (χ2v) is 4.21. The standard InChI is InChI=1S/C13H10N4O4/c1-8-7-11(21-16-8)14-12(18)9-4-5-17(15-9)13(19)10-3-2-6-20-10/h2-7H,1H3,(H,14,18). The van der Waals surface area contributed by atoms with Gasteiger partial charge < -0.3 is 8.94 Å². The third-order valence-corrected chi connectivity index (χ3v) is 2.63. The van der Waals surface area contributed by atoms with Crippen LogP contribution in [0.15, 0.2) is 45.7 Å². The first-order valence-corrected chi connectivity index (χ1v) is 6.02. The lowest BCUT2D eigenvalue weighted by Gasteiger charge is -1.97. The molecule has 0 unspecified atom stereocenters. The molecule has 0 aliphatic rings. The van der Waals surface area contributed by atoms with Gasteiger partial charge in [0.2, 0.25) is 5.88 Å². The van der Waals surface area contributed by atoms with Gasteiger partial charge in [0.15, 0.2) is 11.5 Å². The molecule has 3 aromatic rings. The van der Waals surface area contributed by atoms with E-state index < -0.39 is 11.8 Å². The molecule has 0 aromatic carbocycles. The molecule has 0 spiro atoms. The maximum atomic E-state index is 12.0. The van der Waals surface area contributed by atoms with E-state index in [1.54, 1.807) is 19.1 Å². The number of carbonyl (C=O) groups excluding carboxylic acids is 2. The van der Waals surface area contributed by atoms with E-state index >= 15 is 0 Å². The van der Waals surface area contributed by atoms with E-state index in [1.807, 2.05) is 0 Å².